The van der Waals surface area contributed by atoms with E-state index < -0.39 is 11.7 Å². The summed E-state index contributed by atoms with van der Waals surface area (Å²) in [6, 6.07) is 4.94. The Morgan fingerprint density at radius 2 is 1.75 bits per heavy atom. The van der Waals surface area contributed by atoms with Crippen LogP contribution in [0.3, 0.4) is 0 Å². The van der Waals surface area contributed by atoms with Gasteiger partial charge in [-0.15, -0.1) is 0 Å². The second-order valence-corrected chi connectivity index (χ2v) is 6.38. The number of ether oxygens (including phenoxy) is 1. The molecule has 1 fully saturated rings. The summed E-state index contributed by atoms with van der Waals surface area (Å²) in [7, 11) is 0. The van der Waals surface area contributed by atoms with Gasteiger partial charge in [-0.25, -0.2) is 0 Å². The van der Waals surface area contributed by atoms with Gasteiger partial charge in [-0.05, 0) is 43.5 Å². The van der Waals surface area contributed by atoms with Crippen molar-refractivity contribution in [2.45, 2.75) is 50.2 Å². The second kappa shape index (κ2) is 5.58. The second-order valence-electron chi connectivity index (χ2n) is 5.27. The zero-order valence-corrected chi connectivity index (χ0v) is 13.1. The highest BCUT2D eigenvalue weighted by Crippen LogP contribution is 2.52. The largest absolute Gasteiger partial charge is 0.490 e. The van der Waals surface area contributed by atoms with Gasteiger partial charge < -0.3 is 4.74 Å². The van der Waals surface area contributed by atoms with E-state index in [-0.39, 0.29) is 11.5 Å². The van der Waals surface area contributed by atoms with Crippen LogP contribution < -0.4 is 4.74 Å². The fourth-order valence-electron chi connectivity index (χ4n) is 2.90. The maximum absolute atomic E-state index is 12.5. The highest BCUT2D eigenvalue weighted by atomic mass is 79.9. The zero-order valence-electron chi connectivity index (χ0n) is 11.5. The Morgan fingerprint density at radius 1 is 1.20 bits per heavy atom. The van der Waals surface area contributed by atoms with Gasteiger partial charge in [-0.1, -0.05) is 29.8 Å². The van der Waals surface area contributed by atoms with Gasteiger partial charge in [0.25, 0.3) is 0 Å². The van der Waals surface area contributed by atoms with Crippen molar-refractivity contribution in [1.29, 1.82) is 0 Å². The predicted octanol–water partition coefficient (Wildman–Crippen LogP) is 5.43. The lowest BCUT2D eigenvalue weighted by Crippen LogP contribution is -2.56. The molecule has 1 aromatic rings. The van der Waals surface area contributed by atoms with Gasteiger partial charge in [-0.3, -0.25) is 0 Å². The molecule has 1 nitrogen and oxygen atoms in total. The van der Waals surface area contributed by atoms with Gasteiger partial charge in [-0.2, -0.15) is 13.2 Å². The molecule has 2 unspecified atom stereocenters. The van der Waals surface area contributed by atoms with Crippen LogP contribution in [0.2, 0.25) is 0 Å². The number of halogens is 4. The van der Waals surface area contributed by atoms with Crippen molar-refractivity contribution in [3.63, 3.8) is 0 Å². The number of hydrogen-bond acceptors (Lipinski definition) is 1. The van der Waals surface area contributed by atoms with E-state index in [0.717, 1.165) is 31.4 Å². The minimum absolute atomic E-state index is 0.0682. The minimum Gasteiger partial charge on any atom is -0.490 e. The third-order valence-electron chi connectivity index (χ3n) is 4.46. The van der Waals surface area contributed by atoms with Crippen LogP contribution in [-0.2, 0) is 6.18 Å². The van der Waals surface area contributed by atoms with Crippen molar-refractivity contribution in [2.75, 3.05) is 0 Å². The van der Waals surface area contributed by atoms with E-state index in [1.54, 1.807) is 0 Å². The van der Waals surface area contributed by atoms with Gasteiger partial charge in [0.15, 0.2) is 0 Å². The Hall–Kier alpha value is -0.710. The topological polar surface area (TPSA) is 9.23 Å². The summed E-state index contributed by atoms with van der Waals surface area (Å²) in [6.07, 6.45) is -1.36. The zero-order chi connectivity index (χ0) is 15.0. The summed E-state index contributed by atoms with van der Waals surface area (Å²) in [5.41, 5.74) is -0.558. The molecule has 20 heavy (non-hydrogen) atoms. The smallest absolute Gasteiger partial charge is 0.416 e. The molecule has 0 N–H and O–H groups in total. The highest BCUT2D eigenvalue weighted by Gasteiger charge is 2.53. The average Bonchev–Trinajstić information content (AvgIpc) is 2.39. The summed E-state index contributed by atoms with van der Waals surface area (Å²) in [4.78, 5) is 0.421. The van der Waals surface area contributed by atoms with Crippen LogP contribution in [0.4, 0.5) is 13.2 Å². The molecule has 0 saturated heterocycles. The third-order valence-corrected chi connectivity index (χ3v) is 5.75. The summed E-state index contributed by atoms with van der Waals surface area (Å²) in [6.45, 7) is 4.25. The lowest BCUT2D eigenvalue weighted by atomic mass is 9.62. The Kier molecular flexibility index (Phi) is 4.38. The molecular formula is C15H18BrF3O. The van der Waals surface area contributed by atoms with E-state index >= 15 is 0 Å². The summed E-state index contributed by atoms with van der Waals surface area (Å²) >= 11 is 3.67. The molecule has 1 aliphatic rings. The summed E-state index contributed by atoms with van der Waals surface area (Å²) in [5.74, 6) is 0.508. The molecule has 0 amide bonds. The Bertz CT molecular complexity index is 451. The Labute approximate surface area is 125 Å². The quantitative estimate of drug-likeness (QED) is 0.658. The summed E-state index contributed by atoms with van der Waals surface area (Å²) in [5, 5.41) is 0. The third kappa shape index (κ3) is 2.69. The van der Waals surface area contributed by atoms with Crippen LogP contribution in [0.15, 0.2) is 24.3 Å². The first kappa shape index (κ1) is 15.7. The SMILES string of the molecule is CCC1(CC)C(Br)CC1Oc1ccc(C(F)(F)F)cc1. The van der Waals surface area contributed by atoms with Crippen molar-refractivity contribution in [3.05, 3.63) is 29.8 Å². The minimum atomic E-state index is -4.30. The van der Waals surface area contributed by atoms with Crippen LogP contribution in [0.1, 0.15) is 38.7 Å². The number of benzene rings is 1. The molecule has 5 heteroatoms. The Morgan fingerprint density at radius 3 is 2.15 bits per heavy atom. The van der Waals surface area contributed by atoms with Gasteiger partial charge in [0.05, 0.1) is 5.56 Å². The monoisotopic (exact) mass is 350 g/mol. The van der Waals surface area contributed by atoms with Crippen molar-refractivity contribution in [1.82, 2.24) is 0 Å². The fourth-order valence-corrected chi connectivity index (χ4v) is 4.18. The van der Waals surface area contributed by atoms with E-state index in [1.165, 1.54) is 12.1 Å². The molecule has 2 rings (SSSR count). The van der Waals surface area contributed by atoms with Crippen LogP contribution in [0.25, 0.3) is 0 Å². The molecule has 1 saturated carbocycles. The van der Waals surface area contributed by atoms with Crippen LogP contribution in [0.5, 0.6) is 5.75 Å². The maximum atomic E-state index is 12.5. The molecule has 0 radical (unpaired) electrons. The van der Waals surface area contributed by atoms with E-state index in [0.29, 0.717) is 10.6 Å². The lowest BCUT2D eigenvalue weighted by molar-refractivity contribution is -0.137. The normalized spacial score (nSPS) is 25.1. The molecule has 0 aliphatic heterocycles. The van der Waals surface area contributed by atoms with Crippen molar-refractivity contribution in [3.8, 4) is 5.75 Å². The molecular weight excluding hydrogens is 333 g/mol. The first-order valence-corrected chi connectivity index (χ1v) is 7.73. The molecule has 0 heterocycles. The lowest BCUT2D eigenvalue weighted by Gasteiger charge is -2.52. The van der Waals surface area contributed by atoms with E-state index in [4.69, 9.17) is 4.74 Å². The fraction of sp³-hybridized carbons (Fsp3) is 0.600. The maximum Gasteiger partial charge on any atom is 0.416 e. The van der Waals surface area contributed by atoms with Gasteiger partial charge >= 0.3 is 6.18 Å². The van der Waals surface area contributed by atoms with Gasteiger partial charge in [0, 0.05) is 10.2 Å². The van der Waals surface area contributed by atoms with Crippen molar-refractivity contribution in [2.24, 2.45) is 5.41 Å². The molecule has 2 atom stereocenters. The molecule has 0 spiro atoms. The molecule has 112 valence electrons. The first-order valence-electron chi connectivity index (χ1n) is 6.81. The van der Waals surface area contributed by atoms with E-state index in [2.05, 4.69) is 29.8 Å². The number of alkyl halides is 4. The Balaban J connectivity index is 2.08. The van der Waals surface area contributed by atoms with E-state index in [1.807, 2.05) is 0 Å². The highest BCUT2D eigenvalue weighted by molar-refractivity contribution is 9.09. The van der Waals surface area contributed by atoms with Gasteiger partial charge in [0.1, 0.15) is 11.9 Å². The summed E-state index contributed by atoms with van der Waals surface area (Å²) < 4.78 is 43.4. The van der Waals surface area contributed by atoms with Crippen LogP contribution in [0, 0.1) is 5.41 Å². The van der Waals surface area contributed by atoms with Crippen molar-refractivity contribution >= 4 is 15.9 Å². The van der Waals surface area contributed by atoms with Crippen LogP contribution >= 0.6 is 15.9 Å². The molecule has 1 aliphatic carbocycles. The molecule has 0 bridgehead atoms. The standard InChI is InChI=1S/C15H18BrF3O/c1-3-14(4-2)12(16)9-13(14)20-11-7-5-10(6-8-11)15(17,18)19/h5-8,12-13H,3-4,9H2,1-2H3. The molecule has 1 aromatic carbocycles. The number of hydrogen-bond donors (Lipinski definition) is 0. The van der Waals surface area contributed by atoms with Gasteiger partial charge in [0.2, 0.25) is 0 Å². The van der Waals surface area contributed by atoms with Crippen molar-refractivity contribution < 1.29 is 17.9 Å². The number of rotatable bonds is 4. The van der Waals surface area contributed by atoms with Crippen LogP contribution in [-0.4, -0.2) is 10.9 Å². The first-order chi connectivity index (χ1) is 9.33. The average molecular weight is 351 g/mol. The van der Waals surface area contributed by atoms with E-state index in [9.17, 15) is 13.2 Å². The molecule has 0 aromatic heterocycles. The predicted molar refractivity (Wildman–Crippen MR) is 76.2 cm³/mol.